The number of ketones is 1. The van der Waals surface area contributed by atoms with Gasteiger partial charge in [0.2, 0.25) is 5.91 Å². The molecule has 11 nitrogen and oxygen atoms in total. The molecule has 1 aromatic carbocycles. The molecule has 2 heterocycles. The van der Waals surface area contributed by atoms with Crippen LogP contribution >= 0.6 is 0 Å². The van der Waals surface area contributed by atoms with Gasteiger partial charge >= 0.3 is 6.09 Å². The molecule has 3 atom stereocenters. The first-order valence-electron chi connectivity index (χ1n) is 18.9. The molecule has 1 aliphatic carbocycles. The van der Waals surface area contributed by atoms with Crippen molar-refractivity contribution in [3.05, 3.63) is 18.2 Å². The molecule has 288 valence electrons. The van der Waals surface area contributed by atoms with E-state index >= 15 is 0 Å². The number of methoxy groups -OCH3 is 1. The molecular formula is C40H65N3O8. The van der Waals surface area contributed by atoms with E-state index in [1.807, 2.05) is 25.1 Å². The fourth-order valence-corrected chi connectivity index (χ4v) is 6.73. The predicted molar refractivity (Wildman–Crippen MR) is 200 cm³/mol. The van der Waals surface area contributed by atoms with Crippen LogP contribution in [0.2, 0.25) is 0 Å². The van der Waals surface area contributed by atoms with E-state index in [1.54, 1.807) is 51.5 Å². The van der Waals surface area contributed by atoms with Crippen LogP contribution in [-0.4, -0.2) is 92.4 Å². The average Bonchev–Trinajstić information content (AvgIpc) is 3.88. The highest BCUT2D eigenvalue weighted by atomic mass is 16.6. The molecule has 3 unspecified atom stereocenters. The molecule has 2 fully saturated rings. The van der Waals surface area contributed by atoms with E-state index in [2.05, 4.69) is 20.8 Å². The first kappa shape index (κ1) is 42.2. The van der Waals surface area contributed by atoms with Crippen molar-refractivity contribution in [3.8, 4) is 5.75 Å². The summed E-state index contributed by atoms with van der Waals surface area (Å²) in [6.07, 6.45) is 4.45. The summed E-state index contributed by atoms with van der Waals surface area (Å²) in [4.78, 5) is 58.0. The molecule has 0 radical (unpaired) electrons. The van der Waals surface area contributed by atoms with E-state index in [0.29, 0.717) is 36.7 Å². The van der Waals surface area contributed by atoms with Crippen LogP contribution in [0.1, 0.15) is 108 Å². The van der Waals surface area contributed by atoms with Gasteiger partial charge < -0.3 is 33.6 Å². The Morgan fingerprint density at radius 3 is 2.29 bits per heavy atom. The normalized spacial score (nSPS) is 20.5. The summed E-state index contributed by atoms with van der Waals surface area (Å²) in [6, 6.07) is 5.59. The Kier molecular flexibility index (Phi) is 15.4. The molecule has 1 saturated carbocycles. The first-order chi connectivity index (χ1) is 23.9. The number of rotatable bonds is 14. The van der Waals surface area contributed by atoms with Crippen molar-refractivity contribution >= 4 is 35.1 Å². The number of anilines is 2. The van der Waals surface area contributed by atoms with E-state index in [1.165, 1.54) is 18.2 Å². The van der Waals surface area contributed by atoms with E-state index in [9.17, 15) is 19.2 Å². The third-order valence-electron chi connectivity index (χ3n) is 9.27. The fourth-order valence-electron chi connectivity index (χ4n) is 6.73. The second-order valence-electron chi connectivity index (χ2n) is 16.4. The van der Waals surface area contributed by atoms with Crippen molar-refractivity contribution in [1.29, 1.82) is 0 Å². The topological polar surface area (TPSA) is 115 Å². The maximum atomic E-state index is 14.2. The highest BCUT2D eigenvalue weighted by Crippen LogP contribution is 2.43. The van der Waals surface area contributed by atoms with Gasteiger partial charge in [-0.3, -0.25) is 14.4 Å². The molecule has 2 aliphatic heterocycles. The lowest BCUT2D eigenvalue weighted by Crippen LogP contribution is -2.53. The minimum atomic E-state index is -1.00. The summed E-state index contributed by atoms with van der Waals surface area (Å²) in [5.74, 6) is 0.823. The largest absolute Gasteiger partial charge is 0.476 e. The first-order valence-corrected chi connectivity index (χ1v) is 18.9. The van der Waals surface area contributed by atoms with Gasteiger partial charge in [0.15, 0.2) is 5.60 Å². The Labute approximate surface area is 306 Å². The zero-order valence-electron chi connectivity index (χ0n) is 33.2. The average molecular weight is 716 g/mol. The lowest BCUT2D eigenvalue weighted by Gasteiger charge is -2.40. The standard InChI is InChI=1S/C31H45N3O7.C9H20O/c1-20(35)21-16-22(19-32(18-21)29(38)41-30(2,3)4)27(36)34(23-10-11-23)24-12-13-26-25(17-24)33(14-8-9-15-39-7)28(37)31(5,6)40-26;1-5-10-7-9(4)6-8(2)3/h12-13,17,21-23H,8-11,14-16,18-19H2,1-7H3;8-9H,5-7H2,1-4H3. The molecule has 11 heteroatoms. The number of amides is 3. The molecule has 0 bridgehead atoms. The van der Waals surface area contributed by atoms with Gasteiger partial charge in [-0.05, 0) is 117 Å². The monoisotopic (exact) mass is 715 g/mol. The summed E-state index contributed by atoms with van der Waals surface area (Å²) in [5.41, 5.74) is -0.366. The molecular weight excluding hydrogens is 650 g/mol. The van der Waals surface area contributed by atoms with Gasteiger partial charge in [0.1, 0.15) is 17.1 Å². The highest BCUT2D eigenvalue weighted by molar-refractivity contribution is 6.04. The number of unbranched alkanes of at least 4 members (excludes halogenated alkanes) is 1. The summed E-state index contributed by atoms with van der Waals surface area (Å²) in [6.45, 7) is 22.5. The Morgan fingerprint density at radius 2 is 1.73 bits per heavy atom. The van der Waals surface area contributed by atoms with Crippen LogP contribution in [0.4, 0.5) is 16.2 Å². The second-order valence-corrected chi connectivity index (χ2v) is 16.4. The van der Waals surface area contributed by atoms with Gasteiger partial charge in [-0.2, -0.15) is 0 Å². The molecule has 3 amide bonds. The van der Waals surface area contributed by atoms with E-state index < -0.39 is 29.1 Å². The summed E-state index contributed by atoms with van der Waals surface area (Å²) >= 11 is 0. The lowest BCUT2D eigenvalue weighted by molar-refractivity contribution is -0.132. The SMILES string of the molecule is CCOCC(C)CC(C)C.COCCCCN1C(=O)C(C)(C)Oc2ccc(N(C(=O)C3CC(C(C)=O)CN(C(=O)OC(C)(C)C)C3)C3CC3)cc21. The molecule has 0 spiro atoms. The third-order valence-corrected chi connectivity index (χ3v) is 9.27. The third kappa shape index (κ3) is 12.5. The number of hydrogen-bond acceptors (Lipinski definition) is 8. The number of likely N-dealkylation sites (tertiary alicyclic amines) is 1. The molecule has 0 N–H and O–H groups in total. The Balaban J connectivity index is 0.000000612. The van der Waals surface area contributed by atoms with Crippen molar-refractivity contribution in [1.82, 2.24) is 4.90 Å². The molecule has 1 saturated heterocycles. The summed E-state index contributed by atoms with van der Waals surface area (Å²) in [5, 5.41) is 0. The number of piperidine rings is 1. The van der Waals surface area contributed by atoms with Crippen LogP contribution in [0.25, 0.3) is 0 Å². The van der Waals surface area contributed by atoms with Gasteiger partial charge in [-0.1, -0.05) is 20.8 Å². The summed E-state index contributed by atoms with van der Waals surface area (Å²) in [7, 11) is 1.66. The molecule has 0 aromatic heterocycles. The quantitative estimate of drug-likeness (QED) is 0.185. The summed E-state index contributed by atoms with van der Waals surface area (Å²) < 4.78 is 22.1. The van der Waals surface area contributed by atoms with Gasteiger partial charge in [0.25, 0.3) is 5.91 Å². The van der Waals surface area contributed by atoms with Gasteiger partial charge in [0, 0.05) is 64.2 Å². The van der Waals surface area contributed by atoms with Gasteiger partial charge in [0.05, 0.1) is 11.6 Å². The van der Waals surface area contributed by atoms with Crippen LogP contribution in [0, 0.1) is 23.7 Å². The number of hydrogen-bond donors (Lipinski definition) is 0. The Hall–Kier alpha value is -3.18. The van der Waals surface area contributed by atoms with Crippen molar-refractivity contribution < 1.29 is 38.1 Å². The van der Waals surface area contributed by atoms with Gasteiger partial charge in [-0.25, -0.2) is 4.79 Å². The number of fused-ring (bicyclic) bond motifs is 1. The van der Waals surface area contributed by atoms with E-state index in [4.69, 9.17) is 18.9 Å². The minimum absolute atomic E-state index is 0.0278. The van der Waals surface area contributed by atoms with Crippen molar-refractivity contribution in [3.63, 3.8) is 0 Å². The number of Topliss-reactive ketones (excluding diaryl/α,β-unsaturated/α-hetero) is 1. The lowest BCUT2D eigenvalue weighted by atomic mass is 9.86. The van der Waals surface area contributed by atoms with Crippen LogP contribution < -0.4 is 14.5 Å². The minimum Gasteiger partial charge on any atom is -0.476 e. The number of nitrogens with zero attached hydrogens (tertiary/aromatic N) is 3. The fraction of sp³-hybridized carbons (Fsp3) is 0.750. The van der Waals surface area contributed by atoms with Crippen molar-refractivity contribution in [2.45, 2.75) is 125 Å². The Morgan fingerprint density at radius 1 is 1.06 bits per heavy atom. The number of benzene rings is 1. The van der Waals surface area contributed by atoms with Crippen LogP contribution in [-0.2, 0) is 28.6 Å². The van der Waals surface area contributed by atoms with Crippen LogP contribution in [0.3, 0.4) is 0 Å². The van der Waals surface area contributed by atoms with E-state index in [0.717, 1.165) is 50.7 Å². The number of ether oxygens (including phenoxy) is 4. The van der Waals surface area contributed by atoms with Crippen LogP contribution in [0.15, 0.2) is 18.2 Å². The van der Waals surface area contributed by atoms with Crippen molar-refractivity contribution in [2.24, 2.45) is 23.7 Å². The second kappa shape index (κ2) is 18.5. The highest BCUT2D eigenvalue weighted by Gasteiger charge is 2.44. The molecule has 1 aromatic rings. The van der Waals surface area contributed by atoms with Gasteiger partial charge in [-0.15, -0.1) is 0 Å². The molecule has 3 aliphatic rings. The van der Waals surface area contributed by atoms with Crippen LogP contribution in [0.5, 0.6) is 5.75 Å². The Bertz CT molecular complexity index is 1340. The molecule has 4 rings (SSSR count). The maximum Gasteiger partial charge on any atom is 0.410 e. The molecule has 51 heavy (non-hydrogen) atoms. The smallest absolute Gasteiger partial charge is 0.410 e. The zero-order chi connectivity index (χ0) is 38.1. The zero-order valence-corrected chi connectivity index (χ0v) is 33.2. The predicted octanol–water partition coefficient (Wildman–Crippen LogP) is 7.28. The number of carbonyl (C=O) groups is 4. The maximum absolute atomic E-state index is 14.2. The van der Waals surface area contributed by atoms with Crippen molar-refractivity contribution in [2.75, 3.05) is 56.4 Å². The number of carbonyl (C=O) groups excluding carboxylic acids is 4. The van der Waals surface area contributed by atoms with E-state index in [-0.39, 0.29) is 36.7 Å².